The van der Waals surface area contributed by atoms with Gasteiger partial charge in [0.25, 0.3) is 0 Å². The number of ether oxygens (including phenoxy) is 1. The lowest BCUT2D eigenvalue weighted by Gasteiger charge is -2.03. The summed E-state index contributed by atoms with van der Waals surface area (Å²) in [4.78, 5) is 25.4. The Hall–Kier alpha value is -2.01. The molecule has 110 valence electrons. The number of Topliss-reactive ketones (excluding diaryl/α,β-unsaturated/α-hetero) is 1. The van der Waals surface area contributed by atoms with E-state index >= 15 is 0 Å². The molecular formula is C16H15FO3S. The van der Waals surface area contributed by atoms with Gasteiger partial charge in [0.1, 0.15) is 5.82 Å². The third-order valence-corrected chi connectivity index (χ3v) is 4.42. The molecule has 0 aliphatic rings. The average molecular weight is 306 g/mol. The molecule has 0 aliphatic carbocycles. The highest BCUT2D eigenvalue weighted by atomic mass is 32.1. The summed E-state index contributed by atoms with van der Waals surface area (Å²) in [6, 6.07) is 7.81. The zero-order valence-electron chi connectivity index (χ0n) is 11.8. The number of hydrogen-bond donors (Lipinski definition) is 0. The van der Waals surface area contributed by atoms with Crippen LogP contribution in [0.1, 0.15) is 37.4 Å². The van der Waals surface area contributed by atoms with E-state index in [0.29, 0.717) is 10.4 Å². The summed E-state index contributed by atoms with van der Waals surface area (Å²) in [6.07, 6.45) is 0.655. The molecule has 0 saturated carbocycles. The van der Waals surface area contributed by atoms with Gasteiger partial charge in [0.2, 0.25) is 0 Å². The number of esters is 1. The number of hydrogen-bond acceptors (Lipinski definition) is 4. The first kappa shape index (κ1) is 15.4. The smallest absolute Gasteiger partial charge is 0.339 e. The minimum Gasteiger partial charge on any atom is -0.465 e. The molecule has 1 aromatic heterocycles. The van der Waals surface area contributed by atoms with Crippen molar-refractivity contribution >= 4 is 23.1 Å². The number of halogens is 1. The number of benzene rings is 1. The highest BCUT2D eigenvalue weighted by molar-refractivity contribution is 7.14. The van der Waals surface area contributed by atoms with Gasteiger partial charge in [-0.3, -0.25) is 4.79 Å². The molecule has 5 heteroatoms. The Bertz CT molecular complexity index is 676. The summed E-state index contributed by atoms with van der Waals surface area (Å²) in [5.41, 5.74) is 0.588. The van der Waals surface area contributed by atoms with Crippen molar-refractivity contribution in [3.05, 3.63) is 57.0 Å². The predicted molar refractivity (Wildman–Crippen MR) is 79.5 cm³/mol. The zero-order chi connectivity index (χ0) is 15.4. The summed E-state index contributed by atoms with van der Waals surface area (Å²) in [6.45, 7) is 1.94. The van der Waals surface area contributed by atoms with Crippen LogP contribution in [0.2, 0.25) is 0 Å². The normalized spacial score (nSPS) is 10.4. The average Bonchev–Trinajstić information content (AvgIpc) is 2.93. The summed E-state index contributed by atoms with van der Waals surface area (Å²) >= 11 is 1.26. The maximum atomic E-state index is 13.6. The molecule has 1 heterocycles. The molecule has 0 radical (unpaired) electrons. The predicted octanol–water partition coefficient (Wildman–Crippen LogP) is 3.66. The van der Waals surface area contributed by atoms with Crippen molar-refractivity contribution in [1.29, 1.82) is 0 Å². The van der Waals surface area contributed by atoms with Crippen molar-refractivity contribution in [1.82, 2.24) is 0 Å². The Morgan fingerprint density at radius 1 is 1.29 bits per heavy atom. The molecule has 0 unspecified atom stereocenters. The second kappa shape index (κ2) is 6.63. The first-order valence-electron chi connectivity index (χ1n) is 6.54. The van der Waals surface area contributed by atoms with Crippen molar-refractivity contribution in [2.75, 3.05) is 7.11 Å². The van der Waals surface area contributed by atoms with Gasteiger partial charge in [-0.1, -0.05) is 25.1 Å². The van der Waals surface area contributed by atoms with Gasteiger partial charge in [-0.15, -0.1) is 11.3 Å². The van der Waals surface area contributed by atoms with E-state index in [-0.39, 0.29) is 17.8 Å². The van der Waals surface area contributed by atoms with Gasteiger partial charge >= 0.3 is 5.97 Å². The Morgan fingerprint density at radius 2 is 2.00 bits per heavy atom. The van der Waals surface area contributed by atoms with Crippen LogP contribution in [0.5, 0.6) is 0 Å². The number of ketones is 1. The maximum Gasteiger partial charge on any atom is 0.339 e. The molecule has 0 N–H and O–H groups in total. The Kier molecular flexibility index (Phi) is 4.85. The number of carbonyl (C=O) groups excluding carboxylic acids is 2. The molecule has 0 bridgehead atoms. The van der Waals surface area contributed by atoms with Crippen LogP contribution in [0.4, 0.5) is 4.39 Å². The third-order valence-electron chi connectivity index (χ3n) is 3.10. The van der Waals surface area contributed by atoms with Crippen LogP contribution in [-0.2, 0) is 17.6 Å². The van der Waals surface area contributed by atoms with Gasteiger partial charge < -0.3 is 4.74 Å². The van der Waals surface area contributed by atoms with Crippen LogP contribution >= 0.6 is 11.3 Å². The van der Waals surface area contributed by atoms with E-state index in [1.54, 1.807) is 24.3 Å². The van der Waals surface area contributed by atoms with E-state index in [0.717, 1.165) is 11.3 Å². The van der Waals surface area contributed by atoms with E-state index in [2.05, 4.69) is 0 Å². The fraction of sp³-hybridized carbons (Fsp3) is 0.250. The first-order valence-corrected chi connectivity index (χ1v) is 7.36. The summed E-state index contributed by atoms with van der Waals surface area (Å²) in [7, 11) is 1.27. The lowest BCUT2D eigenvalue weighted by Crippen LogP contribution is -2.10. The number of carbonyl (C=O) groups is 2. The van der Waals surface area contributed by atoms with Crippen molar-refractivity contribution < 1.29 is 18.7 Å². The monoisotopic (exact) mass is 306 g/mol. The molecule has 2 aromatic rings. The van der Waals surface area contributed by atoms with Crippen LogP contribution < -0.4 is 0 Å². The van der Waals surface area contributed by atoms with Gasteiger partial charge in [-0.05, 0) is 24.1 Å². The van der Waals surface area contributed by atoms with Gasteiger partial charge in [0.05, 0.1) is 17.6 Å². The SMILES string of the molecule is CCc1cc(C(=O)OC)c(C(=O)Cc2ccccc2F)s1. The van der Waals surface area contributed by atoms with E-state index < -0.39 is 11.8 Å². The van der Waals surface area contributed by atoms with Crippen LogP contribution in [0, 0.1) is 5.82 Å². The van der Waals surface area contributed by atoms with Crippen molar-refractivity contribution in [3.63, 3.8) is 0 Å². The third kappa shape index (κ3) is 3.36. The molecule has 0 fully saturated rings. The van der Waals surface area contributed by atoms with Crippen LogP contribution in [0.15, 0.2) is 30.3 Å². The van der Waals surface area contributed by atoms with Gasteiger partial charge in [-0.25, -0.2) is 9.18 Å². The fourth-order valence-corrected chi connectivity index (χ4v) is 3.00. The standard InChI is InChI=1S/C16H15FO3S/c1-3-11-9-12(16(19)20-2)15(21-11)14(18)8-10-6-4-5-7-13(10)17/h4-7,9H,3,8H2,1-2H3. The molecule has 0 spiro atoms. The number of thiophene rings is 1. The Balaban J connectivity index is 2.32. The topological polar surface area (TPSA) is 43.4 Å². The molecule has 0 amide bonds. The number of aryl methyl sites for hydroxylation is 1. The first-order chi connectivity index (χ1) is 10.1. The molecule has 0 atom stereocenters. The second-order valence-corrected chi connectivity index (χ2v) is 5.63. The number of methoxy groups -OCH3 is 1. The van der Waals surface area contributed by atoms with Crippen molar-refractivity contribution in [2.24, 2.45) is 0 Å². The van der Waals surface area contributed by atoms with E-state index in [1.807, 2.05) is 6.92 Å². The highest BCUT2D eigenvalue weighted by Crippen LogP contribution is 2.26. The summed E-state index contributed by atoms with van der Waals surface area (Å²) in [5.74, 6) is -1.23. The number of rotatable bonds is 5. The quantitative estimate of drug-likeness (QED) is 0.625. The molecule has 21 heavy (non-hydrogen) atoms. The Labute approximate surface area is 126 Å². The fourth-order valence-electron chi connectivity index (χ4n) is 1.98. The molecule has 0 aliphatic heterocycles. The molecule has 0 saturated heterocycles. The van der Waals surface area contributed by atoms with E-state index in [1.165, 1.54) is 24.5 Å². The molecule has 1 aromatic carbocycles. The summed E-state index contributed by atoms with van der Waals surface area (Å²) < 4.78 is 18.3. The highest BCUT2D eigenvalue weighted by Gasteiger charge is 2.22. The lowest BCUT2D eigenvalue weighted by molar-refractivity contribution is 0.0598. The van der Waals surface area contributed by atoms with Gasteiger partial charge in [0.15, 0.2) is 5.78 Å². The minimum absolute atomic E-state index is 0.0691. The molecular weight excluding hydrogens is 291 g/mol. The van der Waals surface area contributed by atoms with Crippen LogP contribution in [-0.4, -0.2) is 18.9 Å². The van der Waals surface area contributed by atoms with Crippen molar-refractivity contribution in [3.8, 4) is 0 Å². The van der Waals surface area contributed by atoms with Crippen LogP contribution in [0.3, 0.4) is 0 Å². The van der Waals surface area contributed by atoms with E-state index in [4.69, 9.17) is 4.74 Å². The largest absolute Gasteiger partial charge is 0.465 e. The lowest BCUT2D eigenvalue weighted by atomic mass is 10.1. The second-order valence-electron chi connectivity index (χ2n) is 4.49. The maximum absolute atomic E-state index is 13.6. The van der Waals surface area contributed by atoms with E-state index in [9.17, 15) is 14.0 Å². The molecule has 3 nitrogen and oxygen atoms in total. The van der Waals surface area contributed by atoms with Crippen molar-refractivity contribution in [2.45, 2.75) is 19.8 Å². The Morgan fingerprint density at radius 3 is 2.62 bits per heavy atom. The van der Waals surface area contributed by atoms with Gasteiger partial charge in [-0.2, -0.15) is 0 Å². The zero-order valence-corrected chi connectivity index (χ0v) is 12.6. The van der Waals surface area contributed by atoms with Crippen LogP contribution in [0.25, 0.3) is 0 Å². The summed E-state index contributed by atoms with van der Waals surface area (Å²) in [5, 5.41) is 0. The van der Waals surface area contributed by atoms with Gasteiger partial charge in [0, 0.05) is 11.3 Å². The minimum atomic E-state index is -0.539. The molecule has 2 rings (SSSR count).